The zero-order chi connectivity index (χ0) is 15.9. The number of likely N-dealkylation sites (tertiary alicyclic amines) is 1. The van der Waals surface area contributed by atoms with Gasteiger partial charge in [-0.15, -0.1) is 0 Å². The predicted octanol–water partition coefficient (Wildman–Crippen LogP) is 3.75. The van der Waals surface area contributed by atoms with Gasteiger partial charge < -0.3 is 9.47 Å². The molecule has 0 atom stereocenters. The van der Waals surface area contributed by atoms with Crippen LogP contribution < -0.4 is 9.47 Å². The predicted molar refractivity (Wildman–Crippen MR) is 88.4 cm³/mol. The molecule has 0 spiro atoms. The van der Waals surface area contributed by atoms with Gasteiger partial charge >= 0.3 is 0 Å². The zero-order valence-corrected chi connectivity index (χ0v) is 13.2. The number of hydrogen-bond donors (Lipinski definition) is 0. The molecular weight excluding hydrogens is 293 g/mol. The van der Waals surface area contributed by atoms with E-state index >= 15 is 0 Å². The van der Waals surface area contributed by atoms with Gasteiger partial charge in [-0.2, -0.15) is 0 Å². The Labute approximate surface area is 136 Å². The van der Waals surface area contributed by atoms with Crippen LogP contribution in [-0.2, 0) is 0 Å². The number of benzene rings is 2. The third kappa shape index (κ3) is 4.96. The Hall–Kier alpha value is -2.07. The van der Waals surface area contributed by atoms with Crippen LogP contribution >= 0.6 is 0 Å². The maximum absolute atomic E-state index is 12.8. The fourth-order valence-corrected chi connectivity index (χ4v) is 2.77. The van der Waals surface area contributed by atoms with Crippen LogP contribution in [0.15, 0.2) is 54.6 Å². The van der Waals surface area contributed by atoms with E-state index in [-0.39, 0.29) is 5.82 Å². The van der Waals surface area contributed by atoms with Crippen molar-refractivity contribution in [2.45, 2.75) is 18.9 Å². The summed E-state index contributed by atoms with van der Waals surface area (Å²) < 4.78 is 24.5. The minimum absolute atomic E-state index is 0.238. The average Bonchev–Trinajstić information content (AvgIpc) is 2.59. The molecule has 0 aromatic heterocycles. The molecule has 3 rings (SSSR count). The summed E-state index contributed by atoms with van der Waals surface area (Å²) in [6.07, 6.45) is 2.36. The molecule has 0 bridgehead atoms. The van der Waals surface area contributed by atoms with Gasteiger partial charge in [-0.3, -0.25) is 4.90 Å². The molecule has 0 aliphatic carbocycles. The van der Waals surface area contributed by atoms with Crippen molar-refractivity contribution in [1.82, 2.24) is 4.90 Å². The summed E-state index contributed by atoms with van der Waals surface area (Å²) in [5, 5.41) is 0. The minimum Gasteiger partial charge on any atom is -0.492 e. The molecule has 1 saturated heterocycles. The third-order valence-electron chi connectivity index (χ3n) is 4.07. The molecule has 1 aliphatic rings. The Bertz CT molecular complexity index is 580. The molecule has 23 heavy (non-hydrogen) atoms. The van der Waals surface area contributed by atoms with E-state index in [1.54, 1.807) is 12.1 Å². The summed E-state index contributed by atoms with van der Waals surface area (Å²) >= 11 is 0. The summed E-state index contributed by atoms with van der Waals surface area (Å²) in [4.78, 5) is 2.38. The van der Waals surface area contributed by atoms with Crippen molar-refractivity contribution in [3.63, 3.8) is 0 Å². The van der Waals surface area contributed by atoms with Gasteiger partial charge in [-0.05, 0) is 49.2 Å². The first-order chi connectivity index (χ1) is 11.3. The van der Waals surface area contributed by atoms with Crippen molar-refractivity contribution in [2.24, 2.45) is 0 Å². The number of para-hydroxylation sites is 1. The highest BCUT2D eigenvalue weighted by atomic mass is 19.1. The van der Waals surface area contributed by atoms with Gasteiger partial charge in [0.2, 0.25) is 0 Å². The highest BCUT2D eigenvalue weighted by molar-refractivity contribution is 5.22. The number of rotatable bonds is 6. The maximum Gasteiger partial charge on any atom is 0.123 e. The molecule has 2 aromatic rings. The summed E-state index contributed by atoms with van der Waals surface area (Å²) in [7, 11) is 0. The number of piperidine rings is 1. The van der Waals surface area contributed by atoms with Crippen LogP contribution in [0.1, 0.15) is 12.8 Å². The highest BCUT2D eigenvalue weighted by Gasteiger charge is 2.20. The van der Waals surface area contributed by atoms with Crippen LogP contribution in [0, 0.1) is 5.82 Å². The van der Waals surface area contributed by atoms with Gasteiger partial charge in [0.25, 0.3) is 0 Å². The first-order valence-corrected chi connectivity index (χ1v) is 8.12. The molecule has 0 N–H and O–H groups in total. The van der Waals surface area contributed by atoms with Gasteiger partial charge in [0.05, 0.1) is 0 Å². The summed E-state index contributed by atoms with van der Waals surface area (Å²) in [6.45, 7) is 3.54. The van der Waals surface area contributed by atoms with Gasteiger partial charge in [-0.1, -0.05) is 18.2 Å². The van der Waals surface area contributed by atoms with Crippen molar-refractivity contribution in [1.29, 1.82) is 0 Å². The number of halogens is 1. The van der Waals surface area contributed by atoms with Crippen LogP contribution in [0.25, 0.3) is 0 Å². The molecule has 0 saturated carbocycles. The lowest BCUT2D eigenvalue weighted by molar-refractivity contribution is 0.0915. The molecule has 0 unspecified atom stereocenters. The largest absolute Gasteiger partial charge is 0.492 e. The molecule has 0 amide bonds. The van der Waals surface area contributed by atoms with Crippen LogP contribution in [-0.4, -0.2) is 37.2 Å². The monoisotopic (exact) mass is 315 g/mol. The lowest BCUT2D eigenvalue weighted by Gasteiger charge is -2.32. The smallest absolute Gasteiger partial charge is 0.123 e. The Kier molecular flexibility index (Phi) is 5.48. The molecule has 1 heterocycles. The lowest BCUT2D eigenvalue weighted by atomic mass is 10.1. The van der Waals surface area contributed by atoms with Gasteiger partial charge in [-0.25, -0.2) is 4.39 Å². The topological polar surface area (TPSA) is 21.7 Å². The zero-order valence-electron chi connectivity index (χ0n) is 13.2. The fraction of sp³-hybridized carbons (Fsp3) is 0.368. The van der Waals surface area contributed by atoms with E-state index in [0.717, 1.165) is 38.2 Å². The molecule has 1 aliphatic heterocycles. The normalized spacial score (nSPS) is 16.2. The molecular formula is C19H22FNO2. The van der Waals surface area contributed by atoms with E-state index < -0.39 is 0 Å². The van der Waals surface area contributed by atoms with E-state index in [0.29, 0.717) is 18.5 Å². The van der Waals surface area contributed by atoms with Crippen molar-refractivity contribution in [2.75, 3.05) is 26.2 Å². The minimum atomic E-state index is -0.238. The van der Waals surface area contributed by atoms with Crippen LogP contribution in [0.4, 0.5) is 4.39 Å². The van der Waals surface area contributed by atoms with Gasteiger partial charge in [0.1, 0.15) is 30.0 Å². The second-order valence-corrected chi connectivity index (χ2v) is 5.77. The summed E-state index contributed by atoms with van der Waals surface area (Å²) in [6, 6.07) is 16.2. The van der Waals surface area contributed by atoms with E-state index in [2.05, 4.69) is 4.90 Å². The SMILES string of the molecule is Fc1ccc(OCCN2CCC(Oc3ccccc3)CC2)cc1. The maximum atomic E-state index is 12.8. The van der Waals surface area contributed by atoms with Crippen LogP contribution in [0.5, 0.6) is 11.5 Å². The van der Waals surface area contributed by atoms with Crippen molar-refractivity contribution < 1.29 is 13.9 Å². The standard InChI is InChI=1S/C19H22FNO2/c20-16-6-8-17(9-7-16)22-15-14-21-12-10-19(11-13-21)23-18-4-2-1-3-5-18/h1-9,19H,10-15H2. The molecule has 1 fully saturated rings. The number of hydrogen-bond acceptors (Lipinski definition) is 3. The highest BCUT2D eigenvalue weighted by Crippen LogP contribution is 2.18. The van der Waals surface area contributed by atoms with E-state index in [4.69, 9.17) is 9.47 Å². The van der Waals surface area contributed by atoms with Crippen molar-refractivity contribution in [3.8, 4) is 11.5 Å². The van der Waals surface area contributed by atoms with Crippen molar-refractivity contribution >= 4 is 0 Å². The molecule has 4 heteroatoms. The average molecular weight is 315 g/mol. The second-order valence-electron chi connectivity index (χ2n) is 5.77. The van der Waals surface area contributed by atoms with Crippen LogP contribution in [0.3, 0.4) is 0 Å². The Balaban J connectivity index is 1.35. The van der Waals surface area contributed by atoms with Gasteiger partial charge in [0.15, 0.2) is 0 Å². The quantitative estimate of drug-likeness (QED) is 0.810. The number of ether oxygens (including phenoxy) is 2. The van der Waals surface area contributed by atoms with Gasteiger partial charge in [0, 0.05) is 19.6 Å². The number of nitrogens with zero attached hydrogens (tertiary/aromatic N) is 1. The fourth-order valence-electron chi connectivity index (χ4n) is 2.77. The summed E-state index contributed by atoms with van der Waals surface area (Å²) in [5.74, 6) is 1.43. The molecule has 2 aromatic carbocycles. The summed E-state index contributed by atoms with van der Waals surface area (Å²) in [5.41, 5.74) is 0. The van der Waals surface area contributed by atoms with Crippen LogP contribution in [0.2, 0.25) is 0 Å². The molecule has 122 valence electrons. The first kappa shape index (κ1) is 15.8. The van der Waals surface area contributed by atoms with E-state index in [1.807, 2.05) is 30.3 Å². The van der Waals surface area contributed by atoms with E-state index in [9.17, 15) is 4.39 Å². The molecule has 0 radical (unpaired) electrons. The Morgan fingerprint density at radius 2 is 1.61 bits per heavy atom. The molecule has 3 nitrogen and oxygen atoms in total. The Morgan fingerprint density at radius 3 is 2.30 bits per heavy atom. The lowest BCUT2D eigenvalue weighted by Crippen LogP contribution is -2.40. The third-order valence-corrected chi connectivity index (χ3v) is 4.07. The van der Waals surface area contributed by atoms with E-state index in [1.165, 1.54) is 12.1 Å². The second kappa shape index (κ2) is 7.97. The van der Waals surface area contributed by atoms with Crippen molar-refractivity contribution in [3.05, 3.63) is 60.4 Å². The first-order valence-electron chi connectivity index (χ1n) is 8.12. The Morgan fingerprint density at radius 1 is 0.913 bits per heavy atom.